The van der Waals surface area contributed by atoms with Crippen LogP contribution in [-0.2, 0) is 11.2 Å². The fourth-order valence-corrected chi connectivity index (χ4v) is 3.74. The van der Waals surface area contributed by atoms with Crippen molar-refractivity contribution in [2.24, 2.45) is 0 Å². The molecule has 0 bridgehead atoms. The van der Waals surface area contributed by atoms with Gasteiger partial charge >= 0.3 is 5.97 Å². The molecule has 3 aromatic rings. The highest BCUT2D eigenvalue weighted by molar-refractivity contribution is 6.00. The van der Waals surface area contributed by atoms with E-state index in [4.69, 9.17) is 14.2 Å². The van der Waals surface area contributed by atoms with Crippen LogP contribution in [0, 0.1) is 0 Å². The van der Waals surface area contributed by atoms with Crippen LogP contribution in [0.5, 0.6) is 11.5 Å². The standard InChI is InChI=1S/C26H24O5/c1-16(2)31-24-11-10-20(14-25(24)29-3)26(28)30-15-23(27)19-9-8-18-12-17-6-4-5-7-21(17)22(18)13-19/h4-11,13-14,16H,12,15H2,1-3H3. The summed E-state index contributed by atoms with van der Waals surface area (Å²) in [5, 5.41) is 0. The number of hydrogen-bond donors (Lipinski definition) is 0. The van der Waals surface area contributed by atoms with Gasteiger partial charge in [0.1, 0.15) is 0 Å². The van der Waals surface area contributed by atoms with Gasteiger partial charge in [0, 0.05) is 5.56 Å². The first kappa shape index (κ1) is 20.7. The molecule has 3 aromatic carbocycles. The van der Waals surface area contributed by atoms with E-state index in [1.54, 1.807) is 24.3 Å². The molecule has 5 heteroatoms. The number of ether oxygens (including phenoxy) is 3. The lowest BCUT2D eigenvalue weighted by atomic mass is 10.0. The fraction of sp³-hybridized carbons (Fsp3) is 0.231. The van der Waals surface area contributed by atoms with Gasteiger partial charge in [-0.05, 0) is 66.8 Å². The molecule has 0 N–H and O–H groups in total. The second-order valence-corrected chi connectivity index (χ2v) is 7.74. The molecule has 1 aliphatic carbocycles. The predicted molar refractivity (Wildman–Crippen MR) is 118 cm³/mol. The van der Waals surface area contributed by atoms with Crippen LogP contribution in [0.2, 0.25) is 0 Å². The van der Waals surface area contributed by atoms with Crippen LogP contribution in [0.3, 0.4) is 0 Å². The summed E-state index contributed by atoms with van der Waals surface area (Å²) in [6, 6.07) is 18.6. The SMILES string of the molecule is COc1cc(C(=O)OCC(=O)c2ccc3c(c2)-c2ccccc2C3)ccc1OC(C)C. The van der Waals surface area contributed by atoms with E-state index in [2.05, 4.69) is 12.1 Å². The molecular weight excluding hydrogens is 392 g/mol. The van der Waals surface area contributed by atoms with Gasteiger partial charge < -0.3 is 14.2 Å². The van der Waals surface area contributed by atoms with Gasteiger partial charge in [-0.1, -0.05) is 36.4 Å². The monoisotopic (exact) mass is 416 g/mol. The Bertz CT molecular complexity index is 1150. The molecule has 4 rings (SSSR count). The van der Waals surface area contributed by atoms with Gasteiger partial charge in [-0.25, -0.2) is 4.79 Å². The Morgan fingerprint density at radius 1 is 0.871 bits per heavy atom. The van der Waals surface area contributed by atoms with Gasteiger partial charge in [0.25, 0.3) is 0 Å². The van der Waals surface area contributed by atoms with Gasteiger partial charge in [0.2, 0.25) is 0 Å². The Kier molecular flexibility index (Phi) is 5.76. The summed E-state index contributed by atoms with van der Waals surface area (Å²) in [7, 11) is 1.51. The van der Waals surface area contributed by atoms with E-state index >= 15 is 0 Å². The topological polar surface area (TPSA) is 61.8 Å². The Labute approximate surface area is 181 Å². The van der Waals surface area contributed by atoms with Crippen LogP contribution in [-0.4, -0.2) is 31.6 Å². The number of carbonyl (C=O) groups is 2. The lowest BCUT2D eigenvalue weighted by molar-refractivity contribution is 0.0474. The summed E-state index contributed by atoms with van der Waals surface area (Å²) >= 11 is 0. The smallest absolute Gasteiger partial charge is 0.338 e. The number of rotatable bonds is 7. The van der Waals surface area contributed by atoms with Crippen molar-refractivity contribution in [3.63, 3.8) is 0 Å². The van der Waals surface area contributed by atoms with Crippen LogP contribution in [0.1, 0.15) is 45.7 Å². The molecule has 158 valence electrons. The number of ketones is 1. The van der Waals surface area contributed by atoms with E-state index in [9.17, 15) is 9.59 Å². The second kappa shape index (κ2) is 8.64. The number of esters is 1. The molecule has 0 heterocycles. The van der Waals surface area contributed by atoms with Crippen LogP contribution in [0.25, 0.3) is 11.1 Å². The van der Waals surface area contributed by atoms with Gasteiger partial charge in [-0.2, -0.15) is 0 Å². The van der Waals surface area contributed by atoms with E-state index in [1.165, 1.54) is 18.2 Å². The van der Waals surface area contributed by atoms with Gasteiger partial charge in [0.05, 0.1) is 18.8 Å². The number of carbonyl (C=O) groups excluding carboxylic acids is 2. The average Bonchev–Trinajstić information content (AvgIpc) is 3.15. The second-order valence-electron chi connectivity index (χ2n) is 7.74. The normalized spacial score (nSPS) is 11.6. The maximum absolute atomic E-state index is 12.7. The maximum atomic E-state index is 12.7. The summed E-state index contributed by atoms with van der Waals surface area (Å²) in [5.74, 6) is 0.150. The minimum atomic E-state index is -0.589. The summed E-state index contributed by atoms with van der Waals surface area (Å²) in [6.07, 6.45) is 0.844. The lowest BCUT2D eigenvalue weighted by Crippen LogP contribution is -2.15. The van der Waals surface area contributed by atoms with E-state index in [0.717, 1.165) is 17.5 Å². The quantitative estimate of drug-likeness (QED) is 0.310. The number of fused-ring (bicyclic) bond motifs is 3. The number of Topliss-reactive ketones (excluding diaryl/α,β-unsaturated/α-hetero) is 1. The first-order chi connectivity index (χ1) is 15.0. The van der Waals surface area contributed by atoms with Gasteiger partial charge in [-0.3, -0.25) is 4.79 Å². The highest BCUT2D eigenvalue weighted by Gasteiger charge is 2.20. The Morgan fingerprint density at radius 3 is 2.39 bits per heavy atom. The average molecular weight is 416 g/mol. The molecule has 0 saturated carbocycles. The minimum absolute atomic E-state index is 0.0244. The first-order valence-electron chi connectivity index (χ1n) is 10.2. The Balaban J connectivity index is 1.45. The van der Waals surface area contributed by atoms with Crippen molar-refractivity contribution in [3.8, 4) is 22.6 Å². The van der Waals surface area contributed by atoms with Crippen LogP contribution in [0.4, 0.5) is 0 Å². The Hall–Kier alpha value is -3.60. The van der Waals surface area contributed by atoms with Crippen molar-refractivity contribution in [3.05, 3.63) is 82.9 Å². The van der Waals surface area contributed by atoms with Crippen molar-refractivity contribution < 1.29 is 23.8 Å². The first-order valence-corrected chi connectivity index (χ1v) is 10.2. The molecule has 0 atom stereocenters. The molecule has 0 aromatic heterocycles. The lowest BCUT2D eigenvalue weighted by Gasteiger charge is -2.14. The van der Waals surface area contributed by atoms with Crippen LogP contribution in [0.15, 0.2) is 60.7 Å². The largest absolute Gasteiger partial charge is 0.493 e. The van der Waals surface area contributed by atoms with Crippen LogP contribution >= 0.6 is 0 Å². The summed E-state index contributed by atoms with van der Waals surface area (Å²) in [4.78, 5) is 25.1. The highest BCUT2D eigenvalue weighted by atomic mass is 16.5. The van der Waals surface area contributed by atoms with Crippen LogP contribution < -0.4 is 9.47 Å². The molecule has 1 aliphatic rings. The van der Waals surface area contributed by atoms with Crippen molar-refractivity contribution in [2.75, 3.05) is 13.7 Å². The van der Waals surface area contributed by atoms with E-state index in [-0.39, 0.29) is 18.5 Å². The molecule has 0 spiro atoms. The molecule has 0 aliphatic heterocycles. The van der Waals surface area contributed by atoms with Crippen molar-refractivity contribution in [1.29, 1.82) is 0 Å². The highest BCUT2D eigenvalue weighted by Crippen LogP contribution is 2.37. The van der Waals surface area contributed by atoms with Crippen molar-refractivity contribution >= 4 is 11.8 Å². The maximum Gasteiger partial charge on any atom is 0.338 e. The fourth-order valence-electron chi connectivity index (χ4n) is 3.74. The number of hydrogen-bond acceptors (Lipinski definition) is 5. The van der Waals surface area contributed by atoms with Crippen molar-refractivity contribution in [1.82, 2.24) is 0 Å². The molecule has 0 radical (unpaired) electrons. The summed E-state index contributed by atoms with van der Waals surface area (Å²) < 4.78 is 16.2. The number of methoxy groups -OCH3 is 1. The predicted octanol–water partition coefficient (Wildman–Crippen LogP) is 5.09. The molecule has 31 heavy (non-hydrogen) atoms. The summed E-state index contributed by atoms with van der Waals surface area (Å²) in [6.45, 7) is 3.49. The minimum Gasteiger partial charge on any atom is -0.493 e. The molecule has 0 amide bonds. The zero-order valence-electron chi connectivity index (χ0n) is 17.8. The zero-order chi connectivity index (χ0) is 22.0. The van der Waals surface area contributed by atoms with Gasteiger partial charge in [0.15, 0.2) is 23.9 Å². The third-order valence-corrected chi connectivity index (χ3v) is 5.22. The van der Waals surface area contributed by atoms with Gasteiger partial charge in [-0.15, -0.1) is 0 Å². The number of benzene rings is 3. The van der Waals surface area contributed by atoms with E-state index in [0.29, 0.717) is 22.6 Å². The van der Waals surface area contributed by atoms with E-state index < -0.39 is 5.97 Å². The molecule has 0 fully saturated rings. The van der Waals surface area contributed by atoms with E-state index in [1.807, 2.05) is 38.1 Å². The third kappa shape index (κ3) is 4.31. The zero-order valence-corrected chi connectivity index (χ0v) is 17.8. The van der Waals surface area contributed by atoms with Crippen molar-refractivity contribution in [2.45, 2.75) is 26.4 Å². The third-order valence-electron chi connectivity index (χ3n) is 5.22. The molecular formula is C26H24O5. The Morgan fingerprint density at radius 2 is 1.61 bits per heavy atom. The molecule has 0 unspecified atom stereocenters. The molecule has 5 nitrogen and oxygen atoms in total. The molecule has 0 saturated heterocycles. The summed E-state index contributed by atoms with van der Waals surface area (Å²) in [5.41, 5.74) is 5.50.